The normalized spacial score (nSPS) is 22.8. The zero-order chi connectivity index (χ0) is 22.5. The maximum Gasteiger partial charge on any atom is 0.244 e. The Balaban J connectivity index is 1.22. The summed E-state index contributed by atoms with van der Waals surface area (Å²) in [6.07, 6.45) is 9.57. The smallest absolute Gasteiger partial charge is 0.244 e. The molecule has 1 saturated heterocycles. The minimum atomic E-state index is -0.495. The van der Waals surface area contributed by atoms with E-state index in [1.54, 1.807) is 12.1 Å². The molecule has 0 atom stereocenters. The van der Waals surface area contributed by atoms with E-state index in [-0.39, 0.29) is 17.0 Å². The van der Waals surface area contributed by atoms with E-state index in [1.165, 1.54) is 42.2 Å². The Morgan fingerprint density at radius 1 is 1.03 bits per heavy atom. The predicted molar refractivity (Wildman–Crippen MR) is 129 cm³/mol. The third-order valence-corrected chi connectivity index (χ3v) is 7.40. The molecule has 4 rings (SSSR count). The number of nitrogens with zero attached hydrogens (tertiary/aromatic N) is 1. The van der Waals surface area contributed by atoms with Crippen LogP contribution < -0.4 is 5.32 Å². The Labute approximate surface area is 195 Å². The summed E-state index contributed by atoms with van der Waals surface area (Å²) in [5, 5.41) is 3.15. The summed E-state index contributed by atoms with van der Waals surface area (Å²) in [6.45, 7) is 4.54. The molecular weight excluding hydrogens is 423 g/mol. The third kappa shape index (κ3) is 5.60. The van der Waals surface area contributed by atoms with Crippen LogP contribution in [-0.4, -0.2) is 36.0 Å². The number of hydrogen-bond acceptors (Lipinski definition) is 2. The van der Waals surface area contributed by atoms with E-state index >= 15 is 0 Å². The lowest BCUT2D eigenvalue weighted by atomic mass is 9.84. The van der Waals surface area contributed by atoms with Crippen molar-refractivity contribution in [3.8, 4) is 0 Å². The highest BCUT2D eigenvalue weighted by molar-refractivity contribution is 6.30. The highest BCUT2D eigenvalue weighted by Gasteiger charge is 2.30. The van der Waals surface area contributed by atoms with Crippen molar-refractivity contribution in [3.63, 3.8) is 0 Å². The van der Waals surface area contributed by atoms with Crippen LogP contribution in [0.25, 0.3) is 6.08 Å². The molecule has 5 heteroatoms. The summed E-state index contributed by atoms with van der Waals surface area (Å²) >= 11 is 5.80. The van der Waals surface area contributed by atoms with Gasteiger partial charge in [-0.25, -0.2) is 4.39 Å². The molecular formula is C27H32ClFN2O. The van der Waals surface area contributed by atoms with Gasteiger partial charge in [0.1, 0.15) is 5.82 Å². The van der Waals surface area contributed by atoms with Crippen molar-refractivity contribution in [1.29, 1.82) is 0 Å². The Morgan fingerprint density at radius 2 is 1.75 bits per heavy atom. The molecule has 1 amide bonds. The van der Waals surface area contributed by atoms with Crippen LogP contribution >= 0.6 is 11.6 Å². The second kappa shape index (κ2) is 10.6. The van der Waals surface area contributed by atoms with Gasteiger partial charge in [-0.1, -0.05) is 48.0 Å². The molecule has 2 aromatic rings. The predicted octanol–water partition coefficient (Wildman–Crippen LogP) is 6.11. The average molecular weight is 455 g/mol. The first-order valence-electron chi connectivity index (χ1n) is 11.7. The number of piperidine rings is 1. The van der Waals surface area contributed by atoms with Crippen molar-refractivity contribution in [1.82, 2.24) is 10.2 Å². The third-order valence-electron chi connectivity index (χ3n) is 7.11. The van der Waals surface area contributed by atoms with E-state index < -0.39 is 5.82 Å². The van der Waals surface area contributed by atoms with E-state index in [0.717, 1.165) is 38.8 Å². The van der Waals surface area contributed by atoms with Crippen LogP contribution in [0.5, 0.6) is 0 Å². The fourth-order valence-corrected chi connectivity index (χ4v) is 5.45. The van der Waals surface area contributed by atoms with Crippen molar-refractivity contribution < 1.29 is 9.18 Å². The van der Waals surface area contributed by atoms with Crippen LogP contribution in [0.15, 0.2) is 48.5 Å². The SMILES string of the molecule is Cc1ccccc1C1CCN(C2CCC(NC(=O)/C=C/c3cccc(Cl)c3F)CC2)CC1. The van der Waals surface area contributed by atoms with Crippen LogP contribution in [0.3, 0.4) is 0 Å². The molecule has 2 aromatic carbocycles. The molecule has 2 fully saturated rings. The number of aryl methyl sites for hydroxylation is 1. The van der Waals surface area contributed by atoms with Gasteiger partial charge in [-0.3, -0.25) is 4.79 Å². The van der Waals surface area contributed by atoms with Crippen LogP contribution in [0.2, 0.25) is 5.02 Å². The standard InChI is InChI=1S/C27H32ClFN2O/c1-19-5-2-3-7-24(19)20-15-17-31(18-16-20)23-12-10-22(11-13-23)30-26(32)14-9-21-6-4-8-25(28)27(21)29/h2-9,14,20,22-23H,10-13,15-18H2,1H3,(H,30,32)/b14-9+. The summed E-state index contributed by atoms with van der Waals surface area (Å²) < 4.78 is 14.0. The average Bonchev–Trinajstić information content (AvgIpc) is 2.81. The Bertz CT molecular complexity index is 960. The van der Waals surface area contributed by atoms with E-state index in [2.05, 4.69) is 41.4 Å². The molecule has 32 heavy (non-hydrogen) atoms. The highest BCUT2D eigenvalue weighted by Crippen LogP contribution is 2.33. The largest absolute Gasteiger partial charge is 0.350 e. The van der Waals surface area contributed by atoms with E-state index in [9.17, 15) is 9.18 Å². The minimum Gasteiger partial charge on any atom is -0.350 e. The lowest BCUT2D eigenvalue weighted by Gasteiger charge is -2.41. The quantitative estimate of drug-likeness (QED) is 0.553. The maximum absolute atomic E-state index is 14.0. The number of carbonyl (C=O) groups is 1. The first-order valence-corrected chi connectivity index (χ1v) is 12.1. The summed E-state index contributed by atoms with van der Waals surface area (Å²) in [5.74, 6) is 0.0102. The Morgan fingerprint density at radius 3 is 2.47 bits per heavy atom. The van der Waals surface area contributed by atoms with Gasteiger partial charge in [0.05, 0.1) is 5.02 Å². The number of benzene rings is 2. The number of halogens is 2. The first kappa shape index (κ1) is 23.0. The zero-order valence-corrected chi connectivity index (χ0v) is 19.5. The fourth-order valence-electron chi connectivity index (χ4n) is 5.27. The van der Waals surface area contributed by atoms with Crippen molar-refractivity contribution in [2.24, 2.45) is 0 Å². The van der Waals surface area contributed by atoms with Gasteiger partial charge in [0.25, 0.3) is 0 Å². The summed E-state index contributed by atoms with van der Waals surface area (Å²) in [4.78, 5) is 15.0. The first-order chi connectivity index (χ1) is 15.5. The molecule has 1 saturated carbocycles. The van der Waals surface area contributed by atoms with Gasteiger partial charge in [-0.05, 0) is 87.7 Å². The summed E-state index contributed by atoms with van der Waals surface area (Å²) in [7, 11) is 0. The molecule has 1 heterocycles. The molecule has 0 aromatic heterocycles. The topological polar surface area (TPSA) is 32.3 Å². The van der Waals surface area contributed by atoms with Crippen LogP contribution in [0.4, 0.5) is 4.39 Å². The Hall–Kier alpha value is -2.17. The Kier molecular flexibility index (Phi) is 7.64. The van der Waals surface area contributed by atoms with Gasteiger partial charge >= 0.3 is 0 Å². The molecule has 0 radical (unpaired) electrons. The summed E-state index contributed by atoms with van der Waals surface area (Å²) in [6, 6.07) is 14.4. The van der Waals surface area contributed by atoms with E-state index in [4.69, 9.17) is 11.6 Å². The molecule has 0 bridgehead atoms. The molecule has 1 N–H and O–H groups in total. The van der Waals surface area contributed by atoms with Crippen LogP contribution in [0.1, 0.15) is 61.1 Å². The van der Waals surface area contributed by atoms with Crippen LogP contribution in [0, 0.1) is 12.7 Å². The van der Waals surface area contributed by atoms with Gasteiger partial charge in [0, 0.05) is 23.7 Å². The van der Waals surface area contributed by atoms with E-state index in [1.807, 2.05) is 0 Å². The van der Waals surface area contributed by atoms with Crippen molar-refractivity contribution in [2.75, 3.05) is 13.1 Å². The second-order valence-corrected chi connectivity index (χ2v) is 9.56. The van der Waals surface area contributed by atoms with Gasteiger partial charge in [-0.2, -0.15) is 0 Å². The summed E-state index contributed by atoms with van der Waals surface area (Å²) in [5.41, 5.74) is 3.25. The highest BCUT2D eigenvalue weighted by atomic mass is 35.5. The lowest BCUT2D eigenvalue weighted by Crippen LogP contribution is -2.46. The van der Waals surface area contributed by atoms with Crippen LogP contribution in [-0.2, 0) is 4.79 Å². The van der Waals surface area contributed by atoms with E-state index in [0.29, 0.717) is 17.5 Å². The molecule has 2 aliphatic rings. The molecule has 3 nitrogen and oxygen atoms in total. The number of hydrogen-bond donors (Lipinski definition) is 1. The lowest BCUT2D eigenvalue weighted by molar-refractivity contribution is -0.117. The number of likely N-dealkylation sites (tertiary alicyclic amines) is 1. The molecule has 1 aliphatic carbocycles. The number of rotatable bonds is 5. The van der Waals surface area contributed by atoms with Crippen molar-refractivity contribution in [2.45, 2.75) is 63.5 Å². The zero-order valence-electron chi connectivity index (χ0n) is 18.7. The van der Waals surface area contributed by atoms with Gasteiger partial charge in [0.15, 0.2) is 0 Å². The number of nitrogens with one attached hydrogen (secondary N) is 1. The number of amides is 1. The molecule has 170 valence electrons. The molecule has 0 spiro atoms. The molecule has 0 unspecified atom stereocenters. The van der Waals surface area contributed by atoms with Gasteiger partial charge in [0.2, 0.25) is 5.91 Å². The van der Waals surface area contributed by atoms with Crippen molar-refractivity contribution in [3.05, 3.63) is 76.1 Å². The molecule has 1 aliphatic heterocycles. The minimum absolute atomic E-state index is 0.0637. The number of carbonyl (C=O) groups excluding carboxylic acids is 1. The maximum atomic E-state index is 14.0. The van der Waals surface area contributed by atoms with Crippen molar-refractivity contribution >= 4 is 23.6 Å². The van der Waals surface area contributed by atoms with Gasteiger partial charge in [-0.15, -0.1) is 0 Å². The fraction of sp³-hybridized carbons (Fsp3) is 0.444. The monoisotopic (exact) mass is 454 g/mol. The second-order valence-electron chi connectivity index (χ2n) is 9.16. The van der Waals surface area contributed by atoms with Gasteiger partial charge < -0.3 is 10.2 Å².